The first-order valence-corrected chi connectivity index (χ1v) is 8.02. The molecule has 0 radical (unpaired) electrons. The van der Waals surface area contributed by atoms with Crippen molar-refractivity contribution in [3.05, 3.63) is 76.8 Å². The van der Waals surface area contributed by atoms with E-state index in [-0.39, 0.29) is 5.91 Å². The van der Waals surface area contributed by atoms with E-state index in [1.54, 1.807) is 24.5 Å². The van der Waals surface area contributed by atoms with Gasteiger partial charge in [-0.1, -0.05) is 23.7 Å². The van der Waals surface area contributed by atoms with E-state index in [1.807, 2.05) is 25.1 Å². The number of amides is 1. The van der Waals surface area contributed by atoms with E-state index in [0.29, 0.717) is 28.8 Å². The number of benzene rings is 1. The highest BCUT2D eigenvalue weighted by Gasteiger charge is 2.08. The van der Waals surface area contributed by atoms with Crippen LogP contribution in [-0.4, -0.2) is 20.9 Å². The Bertz CT molecular complexity index is 868. The zero-order chi connectivity index (χ0) is 17.6. The summed E-state index contributed by atoms with van der Waals surface area (Å²) in [5, 5.41) is 6.45. The Balaban J connectivity index is 1.61. The number of rotatable bonds is 5. The van der Waals surface area contributed by atoms with Gasteiger partial charge in [-0.2, -0.15) is 0 Å². The molecule has 0 fully saturated rings. The summed E-state index contributed by atoms with van der Waals surface area (Å²) in [5.74, 6) is 0.150. The average molecular weight is 354 g/mol. The molecule has 2 N–H and O–H groups in total. The Morgan fingerprint density at radius 2 is 1.96 bits per heavy atom. The summed E-state index contributed by atoms with van der Waals surface area (Å²) < 4.78 is 0. The van der Waals surface area contributed by atoms with Crippen molar-refractivity contribution in [1.82, 2.24) is 15.0 Å². The van der Waals surface area contributed by atoms with Crippen LogP contribution in [0.2, 0.25) is 5.02 Å². The van der Waals surface area contributed by atoms with Crippen LogP contribution in [0, 0.1) is 6.92 Å². The Hall–Kier alpha value is -2.99. The second-order valence-corrected chi connectivity index (χ2v) is 5.84. The molecule has 0 spiro atoms. The topological polar surface area (TPSA) is 79.8 Å². The van der Waals surface area contributed by atoms with Crippen LogP contribution in [0.4, 0.5) is 11.6 Å². The molecular weight excluding hydrogens is 338 g/mol. The number of hydrogen-bond acceptors (Lipinski definition) is 5. The molecule has 1 aromatic carbocycles. The third kappa shape index (κ3) is 4.51. The molecule has 1 amide bonds. The molecule has 3 rings (SSSR count). The lowest BCUT2D eigenvalue weighted by Crippen LogP contribution is -2.13. The average Bonchev–Trinajstić information content (AvgIpc) is 2.64. The predicted octanol–water partition coefficient (Wildman–Crippen LogP) is 3.70. The van der Waals surface area contributed by atoms with Gasteiger partial charge in [0.15, 0.2) is 0 Å². The molecule has 7 heteroatoms. The van der Waals surface area contributed by atoms with Crippen LogP contribution in [0.3, 0.4) is 0 Å². The van der Waals surface area contributed by atoms with Crippen molar-refractivity contribution in [2.45, 2.75) is 13.5 Å². The fraction of sp³-hybridized carbons (Fsp3) is 0.111. The maximum atomic E-state index is 12.2. The van der Waals surface area contributed by atoms with Crippen LogP contribution in [0.15, 0.2) is 55.1 Å². The maximum absolute atomic E-state index is 12.2. The largest absolute Gasteiger partial charge is 0.350 e. The number of carbonyl (C=O) groups excluding carboxylic acids is 1. The molecule has 2 aromatic heterocycles. The molecule has 0 aliphatic carbocycles. The molecule has 0 aliphatic heterocycles. The van der Waals surface area contributed by atoms with Crippen LogP contribution in [0.25, 0.3) is 0 Å². The van der Waals surface area contributed by atoms with Crippen molar-refractivity contribution in [3.8, 4) is 0 Å². The molecule has 0 aliphatic rings. The number of nitrogens with one attached hydrogen (secondary N) is 2. The number of halogens is 1. The first kappa shape index (κ1) is 16.9. The van der Waals surface area contributed by atoms with E-state index in [9.17, 15) is 4.79 Å². The molecule has 0 saturated heterocycles. The zero-order valence-corrected chi connectivity index (χ0v) is 14.3. The molecule has 0 atom stereocenters. The van der Waals surface area contributed by atoms with Gasteiger partial charge in [0.25, 0.3) is 5.91 Å². The van der Waals surface area contributed by atoms with Gasteiger partial charge in [0, 0.05) is 42.0 Å². The fourth-order valence-corrected chi connectivity index (χ4v) is 2.27. The van der Waals surface area contributed by atoms with E-state index in [1.165, 1.54) is 12.4 Å². The van der Waals surface area contributed by atoms with Gasteiger partial charge in [0.05, 0.1) is 5.56 Å². The van der Waals surface area contributed by atoms with Crippen LogP contribution < -0.4 is 10.6 Å². The van der Waals surface area contributed by atoms with E-state index >= 15 is 0 Å². The van der Waals surface area contributed by atoms with Gasteiger partial charge < -0.3 is 10.6 Å². The highest BCUT2D eigenvalue weighted by Crippen LogP contribution is 2.20. The predicted molar refractivity (Wildman–Crippen MR) is 97.7 cm³/mol. The van der Waals surface area contributed by atoms with Crippen LogP contribution in [0.5, 0.6) is 0 Å². The van der Waals surface area contributed by atoms with Crippen molar-refractivity contribution in [3.63, 3.8) is 0 Å². The highest BCUT2D eigenvalue weighted by atomic mass is 35.5. The van der Waals surface area contributed by atoms with Crippen molar-refractivity contribution in [2.75, 3.05) is 10.6 Å². The summed E-state index contributed by atoms with van der Waals surface area (Å²) in [5.41, 5.74) is 2.96. The standard InChI is InChI=1S/C18H16ClN5O/c1-12-4-5-15(7-16(12)19)24-17(25)14-10-22-18(23-11-14)21-9-13-3-2-6-20-8-13/h2-8,10-11H,9H2,1H3,(H,24,25)(H,21,22,23). The van der Waals surface area contributed by atoms with E-state index in [2.05, 4.69) is 25.6 Å². The summed E-state index contributed by atoms with van der Waals surface area (Å²) in [6.07, 6.45) is 6.43. The van der Waals surface area contributed by atoms with Gasteiger partial charge in [0.2, 0.25) is 5.95 Å². The van der Waals surface area contributed by atoms with Crippen molar-refractivity contribution >= 4 is 29.1 Å². The minimum absolute atomic E-state index is 0.293. The Kier molecular flexibility index (Phi) is 5.20. The molecular formula is C18H16ClN5O. The second kappa shape index (κ2) is 7.72. The summed E-state index contributed by atoms with van der Waals surface area (Å²) in [7, 11) is 0. The number of aromatic nitrogens is 3. The first-order valence-electron chi connectivity index (χ1n) is 7.64. The van der Waals surface area contributed by atoms with Gasteiger partial charge in [-0.3, -0.25) is 9.78 Å². The summed E-state index contributed by atoms with van der Waals surface area (Å²) in [6.45, 7) is 2.46. The normalized spacial score (nSPS) is 10.3. The molecule has 25 heavy (non-hydrogen) atoms. The number of pyridine rings is 1. The van der Waals surface area contributed by atoms with E-state index in [0.717, 1.165) is 11.1 Å². The number of aryl methyl sites for hydroxylation is 1. The van der Waals surface area contributed by atoms with Gasteiger partial charge in [-0.05, 0) is 36.2 Å². The van der Waals surface area contributed by atoms with Crippen molar-refractivity contribution < 1.29 is 4.79 Å². The Morgan fingerprint density at radius 1 is 1.16 bits per heavy atom. The summed E-state index contributed by atoms with van der Waals surface area (Å²) in [4.78, 5) is 24.6. The number of carbonyl (C=O) groups is 1. The Labute approximate surface area is 150 Å². The van der Waals surface area contributed by atoms with Gasteiger partial charge in [-0.15, -0.1) is 0 Å². The second-order valence-electron chi connectivity index (χ2n) is 5.43. The number of nitrogens with zero attached hydrogens (tertiary/aromatic N) is 3. The first-order chi connectivity index (χ1) is 12.1. The third-order valence-corrected chi connectivity index (χ3v) is 3.92. The fourth-order valence-electron chi connectivity index (χ4n) is 2.09. The monoisotopic (exact) mass is 353 g/mol. The molecule has 0 unspecified atom stereocenters. The molecule has 3 aromatic rings. The van der Waals surface area contributed by atoms with Gasteiger partial charge >= 0.3 is 0 Å². The quantitative estimate of drug-likeness (QED) is 0.731. The molecule has 2 heterocycles. The molecule has 0 saturated carbocycles. The number of anilines is 2. The van der Waals surface area contributed by atoms with Crippen molar-refractivity contribution in [2.24, 2.45) is 0 Å². The maximum Gasteiger partial charge on any atom is 0.258 e. The summed E-state index contributed by atoms with van der Waals surface area (Å²) >= 11 is 6.06. The molecule has 6 nitrogen and oxygen atoms in total. The number of hydrogen-bond donors (Lipinski definition) is 2. The lowest BCUT2D eigenvalue weighted by Gasteiger charge is -2.08. The zero-order valence-electron chi connectivity index (χ0n) is 13.5. The van der Waals surface area contributed by atoms with Gasteiger partial charge in [-0.25, -0.2) is 9.97 Å². The third-order valence-electron chi connectivity index (χ3n) is 3.52. The highest BCUT2D eigenvalue weighted by molar-refractivity contribution is 6.31. The molecule has 126 valence electrons. The minimum atomic E-state index is -0.293. The SMILES string of the molecule is Cc1ccc(NC(=O)c2cnc(NCc3cccnc3)nc2)cc1Cl. The lowest BCUT2D eigenvalue weighted by atomic mass is 10.2. The van der Waals surface area contributed by atoms with Gasteiger partial charge in [0.1, 0.15) is 0 Å². The molecule has 0 bridgehead atoms. The lowest BCUT2D eigenvalue weighted by molar-refractivity contribution is 0.102. The van der Waals surface area contributed by atoms with Crippen molar-refractivity contribution in [1.29, 1.82) is 0 Å². The Morgan fingerprint density at radius 3 is 2.64 bits per heavy atom. The van der Waals surface area contributed by atoms with E-state index < -0.39 is 0 Å². The minimum Gasteiger partial charge on any atom is -0.350 e. The van der Waals surface area contributed by atoms with E-state index in [4.69, 9.17) is 11.6 Å². The smallest absolute Gasteiger partial charge is 0.258 e. The van der Waals surface area contributed by atoms with Crippen LogP contribution >= 0.6 is 11.6 Å². The van der Waals surface area contributed by atoms with Crippen LogP contribution in [-0.2, 0) is 6.54 Å². The summed E-state index contributed by atoms with van der Waals surface area (Å²) in [6, 6.07) is 9.17. The van der Waals surface area contributed by atoms with Crippen LogP contribution in [0.1, 0.15) is 21.5 Å².